The van der Waals surface area contributed by atoms with E-state index in [0.29, 0.717) is 28.5 Å². The van der Waals surface area contributed by atoms with Crippen LogP contribution in [-0.2, 0) is 4.79 Å². The summed E-state index contributed by atoms with van der Waals surface area (Å²) in [7, 11) is 3.17. The molecule has 0 radical (unpaired) electrons. The van der Waals surface area contributed by atoms with Crippen LogP contribution in [0.15, 0.2) is 64.2 Å². The van der Waals surface area contributed by atoms with Gasteiger partial charge in [-0.05, 0) is 41.3 Å². The van der Waals surface area contributed by atoms with Crippen molar-refractivity contribution in [1.29, 1.82) is 5.26 Å². The number of hydrogen-bond donors (Lipinski definition) is 0. The number of pyridine rings is 1. The summed E-state index contributed by atoms with van der Waals surface area (Å²) >= 11 is 2.84. The first kappa shape index (κ1) is 21.9. The number of thioether (sulfide) groups is 1. The molecule has 32 heavy (non-hydrogen) atoms. The topological polar surface area (TPSA) is 87.8 Å². The first-order valence-electron chi connectivity index (χ1n) is 9.78. The molecule has 4 rings (SSSR count). The predicted octanol–water partition coefficient (Wildman–Crippen LogP) is 4.50. The van der Waals surface area contributed by atoms with Crippen LogP contribution in [-0.4, -0.2) is 41.6 Å². The fraction of sp³-hybridized carbons (Fsp3) is 0.217. The minimum atomic E-state index is -0.265. The summed E-state index contributed by atoms with van der Waals surface area (Å²) in [5, 5.41) is 18.0. The fourth-order valence-corrected chi connectivity index (χ4v) is 4.96. The lowest BCUT2D eigenvalue weighted by molar-refractivity contribution is -0.130. The van der Waals surface area contributed by atoms with Crippen LogP contribution in [0.5, 0.6) is 11.5 Å². The van der Waals surface area contributed by atoms with Gasteiger partial charge in [-0.1, -0.05) is 23.9 Å². The third kappa shape index (κ3) is 4.47. The smallest absolute Gasteiger partial charge is 0.253 e. The van der Waals surface area contributed by atoms with E-state index in [9.17, 15) is 10.1 Å². The highest BCUT2D eigenvalue weighted by Gasteiger charge is 2.34. The molecule has 0 aliphatic carbocycles. The van der Waals surface area contributed by atoms with E-state index in [1.165, 1.54) is 16.8 Å². The Kier molecular flexibility index (Phi) is 6.73. The molecule has 0 N–H and O–H groups in total. The van der Waals surface area contributed by atoms with Gasteiger partial charge in [0.05, 0.1) is 42.2 Å². The predicted molar refractivity (Wildman–Crippen MR) is 124 cm³/mol. The van der Waals surface area contributed by atoms with Gasteiger partial charge in [-0.2, -0.15) is 10.4 Å². The minimum Gasteiger partial charge on any atom is -0.493 e. The molecule has 0 spiro atoms. The zero-order valence-corrected chi connectivity index (χ0v) is 19.2. The van der Waals surface area contributed by atoms with Crippen molar-refractivity contribution in [3.8, 4) is 17.6 Å². The van der Waals surface area contributed by atoms with Gasteiger partial charge in [0.2, 0.25) is 0 Å². The average Bonchev–Trinajstić information content (AvgIpc) is 3.52. The normalized spacial score (nSPS) is 15.2. The summed E-state index contributed by atoms with van der Waals surface area (Å²) in [5.41, 5.74) is 2.23. The number of rotatable bonds is 7. The van der Waals surface area contributed by atoms with E-state index in [-0.39, 0.29) is 17.7 Å². The van der Waals surface area contributed by atoms with Crippen molar-refractivity contribution in [3.05, 3.63) is 70.0 Å². The quantitative estimate of drug-likeness (QED) is 0.479. The number of hydrogen-bond acceptors (Lipinski definition) is 8. The van der Waals surface area contributed by atoms with Gasteiger partial charge < -0.3 is 9.47 Å². The third-order valence-corrected chi connectivity index (χ3v) is 6.90. The molecule has 3 heterocycles. The maximum Gasteiger partial charge on any atom is 0.253 e. The molecule has 3 aromatic rings. The Labute approximate surface area is 194 Å². The summed E-state index contributed by atoms with van der Waals surface area (Å²) in [6.07, 6.45) is 2.21. The summed E-state index contributed by atoms with van der Waals surface area (Å²) in [6, 6.07) is 14.9. The average molecular weight is 465 g/mol. The van der Waals surface area contributed by atoms with E-state index in [2.05, 4.69) is 16.2 Å². The van der Waals surface area contributed by atoms with Crippen LogP contribution in [0.3, 0.4) is 0 Å². The molecule has 9 heteroatoms. The molecule has 0 saturated carbocycles. The van der Waals surface area contributed by atoms with Crippen LogP contribution < -0.4 is 9.47 Å². The number of amides is 1. The second kappa shape index (κ2) is 9.85. The zero-order chi connectivity index (χ0) is 22.5. The van der Waals surface area contributed by atoms with Crippen molar-refractivity contribution in [1.82, 2.24) is 9.99 Å². The molecule has 7 nitrogen and oxygen atoms in total. The van der Waals surface area contributed by atoms with Gasteiger partial charge in [-0.25, -0.2) is 9.99 Å². The Bertz CT molecular complexity index is 1190. The fourth-order valence-electron chi connectivity index (χ4n) is 3.44. The van der Waals surface area contributed by atoms with Gasteiger partial charge in [0.1, 0.15) is 11.1 Å². The molecular formula is C23H20N4O3S2. The first-order chi connectivity index (χ1) is 15.6. The molecule has 2 aromatic heterocycles. The number of methoxy groups -OCH3 is 2. The second-order valence-corrected chi connectivity index (χ2v) is 8.76. The molecule has 1 aliphatic heterocycles. The molecule has 1 aliphatic rings. The molecular weight excluding hydrogens is 444 g/mol. The van der Waals surface area contributed by atoms with Gasteiger partial charge in [-0.15, -0.1) is 11.3 Å². The lowest BCUT2D eigenvalue weighted by atomic mass is 10.0. The van der Waals surface area contributed by atoms with Gasteiger partial charge in [0.15, 0.2) is 11.5 Å². The van der Waals surface area contributed by atoms with Crippen LogP contribution in [0, 0.1) is 11.3 Å². The summed E-state index contributed by atoms with van der Waals surface area (Å²) < 4.78 is 10.8. The first-order valence-corrected chi connectivity index (χ1v) is 11.6. The number of hydrazone groups is 1. The van der Waals surface area contributed by atoms with Gasteiger partial charge >= 0.3 is 0 Å². The number of aromatic nitrogens is 1. The van der Waals surface area contributed by atoms with Crippen LogP contribution in [0.2, 0.25) is 0 Å². The number of carbonyl (C=O) groups is 1. The van der Waals surface area contributed by atoms with E-state index < -0.39 is 0 Å². The van der Waals surface area contributed by atoms with Crippen molar-refractivity contribution < 1.29 is 14.3 Å². The maximum atomic E-state index is 13.2. The highest BCUT2D eigenvalue weighted by molar-refractivity contribution is 7.99. The highest BCUT2D eigenvalue weighted by Crippen LogP contribution is 2.38. The van der Waals surface area contributed by atoms with Crippen LogP contribution >= 0.6 is 23.1 Å². The van der Waals surface area contributed by atoms with E-state index in [1.54, 1.807) is 43.9 Å². The lowest BCUT2D eigenvalue weighted by Crippen LogP contribution is -2.28. The zero-order valence-electron chi connectivity index (χ0n) is 17.5. The van der Waals surface area contributed by atoms with Crippen LogP contribution in [0.1, 0.15) is 28.5 Å². The Morgan fingerprint density at radius 3 is 2.81 bits per heavy atom. The molecule has 1 unspecified atom stereocenters. The van der Waals surface area contributed by atoms with Crippen molar-refractivity contribution in [2.45, 2.75) is 17.5 Å². The molecule has 0 fully saturated rings. The van der Waals surface area contributed by atoms with E-state index >= 15 is 0 Å². The number of nitriles is 1. The van der Waals surface area contributed by atoms with Gasteiger partial charge in [0, 0.05) is 12.6 Å². The summed E-state index contributed by atoms with van der Waals surface area (Å²) in [6.45, 7) is 0. The number of nitrogens with zero attached hydrogens (tertiary/aromatic N) is 4. The van der Waals surface area contributed by atoms with Crippen LogP contribution in [0.25, 0.3) is 0 Å². The monoisotopic (exact) mass is 464 g/mol. The van der Waals surface area contributed by atoms with Crippen molar-refractivity contribution in [2.24, 2.45) is 5.10 Å². The van der Waals surface area contributed by atoms with Gasteiger partial charge in [0.25, 0.3) is 5.91 Å². The third-order valence-electron chi connectivity index (χ3n) is 4.99. The summed E-state index contributed by atoms with van der Waals surface area (Å²) in [4.78, 5) is 18.5. The van der Waals surface area contributed by atoms with Crippen molar-refractivity contribution >= 4 is 34.7 Å². The Morgan fingerprint density at radius 1 is 1.25 bits per heavy atom. The number of thiophene rings is 1. The molecule has 1 amide bonds. The molecule has 0 saturated heterocycles. The Morgan fingerprint density at radius 2 is 2.09 bits per heavy atom. The van der Waals surface area contributed by atoms with Crippen molar-refractivity contribution in [2.75, 3.05) is 20.0 Å². The van der Waals surface area contributed by atoms with Crippen LogP contribution in [0.4, 0.5) is 0 Å². The second-order valence-electron chi connectivity index (χ2n) is 6.85. The molecule has 1 aromatic carbocycles. The maximum absolute atomic E-state index is 13.2. The Balaban J connectivity index is 1.61. The summed E-state index contributed by atoms with van der Waals surface area (Å²) in [5.74, 6) is 1.19. The standard InChI is InChI=1S/C23H20N4O3S2/c1-29-19-8-7-15(11-20(19)30-2)18-12-17(21-6-4-10-31-21)26-27(18)22(28)14-32-23-16(13-24)5-3-9-25-23/h3-11,18H,12,14H2,1-2H3. The minimum absolute atomic E-state index is 0.122. The molecule has 1 atom stereocenters. The number of carbonyl (C=O) groups excluding carboxylic acids is 1. The SMILES string of the molecule is COc1ccc(C2CC(c3cccs3)=NN2C(=O)CSc2ncccc2C#N)cc1OC. The Hall–Kier alpha value is -3.35. The number of ether oxygens (including phenoxy) is 2. The lowest BCUT2D eigenvalue weighted by Gasteiger charge is -2.23. The van der Waals surface area contributed by atoms with E-state index in [4.69, 9.17) is 9.47 Å². The highest BCUT2D eigenvalue weighted by atomic mass is 32.2. The molecule has 162 valence electrons. The number of benzene rings is 1. The largest absolute Gasteiger partial charge is 0.493 e. The van der Waals surface area contributed by atoms with Gasteiger partial charge in [-0.3, -0.25) is 4.79 Å². The van der Waals surface area contributed by atoms with E-state index in [1.807, 2.05) is 35.7 Å². The molecule has 0 bridgehead atoms. The van der Waals surface area contributed by atoms with E-state index in [0.717, 1.165) is 16.2 Å². The van der Waals surface area contributed by atoms with Crippen molar-refractivity contribution in [3.63, 3.8) is 0 Å².